The van der Waals surface area contributed by atoms with E-state index in [0.29, 0.717) is 25.0 Å². The molecule has 0 aliphatic heterocycles. The molecule has 2 rings (SSSR count). The summed E-state index contributed by atoms with van der Waals surface area (Å²) >= 11 is 0. The van der Waals surface area contributed by atoms with Gasteiger partial charge in [-0.2, -0.15) is 5.26 Å². The molecule has 0 aromatic heterocycles. The first kappa shape index (κ1) is 15.7. The molecule has 2 saturated carbocycles. The van der Waals surface area contributed by atoms with E-state index < -0.39 is 10.0 Å². The van der Waals surface area contributed by atoms with Crippen molar-refractivity contribution in [3.63, 3.8) is 0 Å². The van der Waals surface area contributed by atoms with Crippen LogP contribution in [-0.4, -0.2) is 33.3 Å². The van der Waals surface area contributed by atoms with Crippen molar-refractivity contribution in [2.24, 2.45) is 11.8 Å². The number of sulfonamides is 1. The minimum atomic E-state index is -3.15. The highest BCUT2D eigenvalue weighted by atomic mass is 32.2. The van der Waals surface area contributed by atoms with Crippen molar-refractivity contribution in [3.8, 4) is 6.07 Å². The molecular weight excluding hydrogens is 274 g/mol. The number of hydrogen-bond donors (Lipinski definition) is 2. The molecule has 2 N–H and O–H groups in total. The van der Waals surface area contributed by atoms with Gasteiger partial charge in [-0.15, -0.1) is 0 Å². The van der Waals surface area contributed by atoms with E-state index in [9.17, 15) is 8.42 Å². The van der Waals surface area contributed by atoms with Gasteiger partial charge in [-0.25, -0.2) is 13.1 Å². The Hall–Kier alpha value is -0.640. The molecule has 114 valence electrons. The van der Waals surface area contributed by atoms with Crippen LogP contribution in [0.25, 0.3) is 0 Å². The fourth-order valence-electron chi connectivity index (χ4n) is 2.90. The van der Waals surface area contributed by atoms with Crippen molar-refractivity contribution in [1.29, 1.82) is 5.26 Å². The lowest BCUT2D eigenvalue weighted by molar-refractivity contribution is 0.316. The Balaban J connectivity index is 1.62. The number of nitrogens with one attached hydrogen (secondary N) is 2. The normalized spacial score (nSPS) is 27.8. The highest BCUT2D eigenvalue weighted by Gasteiger charge is 2.22. The van der Waals surface area contributed by atoms with Crippen LogP contribution in [0.4, 0.5) is 0 Å². The predicted molar refractivity (Wildman–Crippen MR) is 78.5 cm³/mol. The fraction of sp³-hybridized carbons (Fsp3) is 0.929. The van der Waals surface area contributed by atoms with Crippen LogP contribution in [0.2, 0.25) is 0 Å². The average Bonchev–Trinajstić information content (AvgIpc) is 2.37. The second-order valence-electron chi connectivity index (χ2n) is 6.11. The Morgan fingerprint density at radius 2 is 1.90 bits per heavy atom. The van der Waals surface area contributed by atoms with Crippen LogP contribution >= 0.6 is 0 Å². The maximum Gasteiger partial charge on any atom is 0.212 e. The maximum atomic E-state index is 11.8. The molecule has 2 aliphatic rings. The third-order valence-electron chi connectivity index (χ3n) is 4.48. The number of hydrogen-bond acceptors (Lipinski definition) is 4. The number of nitrogens with zero attached hydrogens (tertiary/aromatic N) is 1. The van der Waals surface area contributed by atoms with Crippen molar-refractivity contribution in [1.82, 2.24) is 10.0 Å². The van der Waals surface area contributed by atoms with Crippen LogP contribution in [0.15, 0.2) is 0 Å². The lowest BCUT2D eigenvalue weighted by atomic mass is 9.86. The van der Waals surface area contributed by atoms with Crippen LogP contribution < -0.4 is 10.0 Å². The molecule has 0 bridgehead atoms. The summed E-state index contributed by atoms with van der Waals surface area (Å²) in [4.78, 5) is 0. The summed E-state index contributed by atoms with van der Waals surface area (Å²) in [7, 11) is -3.15. The predicted octanol–water partition coefficient (Wildman–Crippen LogP) is 1.38. The highest BCUT2D eigenvalue weighted by molar-refractivity contribution is 7.89. The Kier molecular flexibility index (Phi) is 5.82. The van der Waals surface area contributed by atoms with Gasteiger partial charge in [0.15, 0.2) is 0 Å². The molecule has 0 saturated heterocycles. The molecule has 2 fully saturated rings. The van der Waals surface area contributed by atoms with Crippen LogP contribution in [0.1, 0.15) is 44.9 Å². The van der Waals surface area contributed by atoms with Gasteiger partial charge in [-0.3, -0.25) is 0 Å². The standard InChI is InChI=1S/C14H25N3O2S/c15-10-13-5-2-6-14(9-13)16-7-8-20(18,19)17-11-12-3-1-4-12/h12-14,16-17H,1-9,11H2/t13-,14-/m1/s1. The van der Waals surface area contributed by atoms with Gasteiger partial charge in [0.2, 0.25) is 10.0 Å². The first-order valence-electron chi connectivity index (χ1n) is 7.69. The molecule has 2 atom stereocenters. The first-order chi connectivity index (χ1) is 9.59. The van der Waals surface area contributed by atoms with Crippen LogP contribution in [0.5, 0.6) is 0 Å². The molecule has 0 spiro atoms. The van der Waals surface area contributed by atoms with Gasteiger partial charge < -0.3 is 5.32 Å². The van der Waals surface area contributed by atoms with Crippen molar-refractivity contribution >= 4 is 10.0 Å². The Morgan fingerprint density at radius 3 is 2.55 bits per heavy atom. The van der Waals surface area contributed by atoms with E-state index in [1.54, 1.807) is 0 Å². The van der Waals surface area contributed by atoms with Crippen LogP contribution in [0, 0.1) is 23.2 Å². The Bertz CT molecular complexity index is 440. The van der Waals surface area contributed by atoms with Gasteiger partial charge in [0.05, 0.1) is 11.8 Å². The molecule has 0 radical (unpaired) electrons. The average molecular weight is 299 g/mol. The van der Waals surface area contributed by atoms with E-state index in [-0.39, 0.29) is 11.7 Å². The summed E-state index contributed by atoms with van der Waals surface area (Å²) in [6.07, 6.45) is 7.48. The quantitative estimate of drug-likeness (QED) is 0.744. The molecule has 0 amide bonds. The zero-order valence-electron chi connectivity index (χ0n) is 12.0. The number of nitriles is 1. The van der Waals surface area contributed by atoms with E-state index in [2.05, 4.69) is 16.1 Å². The summed E-state index contributed by atoms with van der Waals surface area (Å²) in [5.74, 6) is 0.815. The second kappa shape index (κ2) is 7.39. The first-order valence-corrected chi connectivity index (χ1v) is 9.34. The SMILES string of the molecule is N#C[C@@H]1CCC[C@@H](NCCS(=O)(=O)NCC2CCC2)C1. The molecule has 0 aromatic rings. The highest BCUT2D eigenvalue weighted by Crippen LogP contribution is 2.25. The third kappa shape index (κ3) is 5.04. The summed E-state index contributed by atoms with van der Waals surface area (Å²) in [6.45, 7) is 1.07. The molecule has 20 heavy (non-hydrogen) atoms. The summed E-state index contributed by atoms with van der Waals surface area (Å²) in [5, 5.41) is 12.2. The second-order valence-corrected chi connectivity index (χ2v) is 8.03. The number of rotatable bonds is 7. The molecular formula is C14H25N3O2S. The van der Waals surface area contributed by atoms with Crippen LogP contribution in [0.3, 0.4) is 0 Å². The van der Waals surface area contributed by atoms with Crippen molar-refractivity contribution < 1.29 is 8.42 Å². The van der Waals surface area contributed by atoms with Crippen molar-refractivity contribution in [3.05, 3.63) is 0 Å². The van der Waals surface area contributed by atoms with E-state index in [1.807, 2.05) is 0 Å². The fourth-order valence-corrected chi connectivity index (χ4v) is 3.92. The van der Waals surface area contributed by atoms with Gasteiger partial charge in [-0.05, 0) is 38.0 Å². The van der Waals surface area contributed by atoms with Gasteiger partial charge >= 0.3 is 0 Å². The lowest BCUT2D eigenvalue weighted by Gasteiger charge is -2.27. The monoisotopic (exact) mass is 299 g/mol. The summed E-state index contributed by atoms with van der Waals surface area (Å²) in [6, 6.07) is 2.62. The maximum absolute atomic E-state index is 11.8. The summed E-state index contributed by atoms with van der Waals surface area (Å²) in [5.41, 5.74) is 0. The third-order valence-corrected chi connectivity index (χ3v) is 5.83. The van der Waals surface area contributed by atoms with Crippen molar-refractivity contribution in [2.75, 3.05) is 18.8 Å². The lowest BCUT2D eigenvalue weighted by Crippen LogP contribution is -2.40. The van der Waals surface area contributed by atoms with E-state index in [1.165, 1.54) is 6.42 Å². The zero-order valence-corrected chi connectivity index (χ0v) is 12.8. The molecule has 6 heteroatoms. The summed E-state index contributed by atoms with van der Waals surface area (Å²) < 4.78 is 26.4. The van der Waals surface area contributed by atoms with Gasteiger partial charge in [0.25, 0.3) is 0 Å². The smallest absolute Gasteiger partial charge is 0.212 e. The van der Waals surface area contributed by atoms with E-state index in [0.717, 1.165) is 38.5 Å². The molecule has 0 unspecified atom stereocenters. The molecule has 2 aliphatic carbocycles. The molecule has 0 heterocycles. The van der Waals surface area contributed by atoms with Gasteiger partial charge in [0, 0.05) is 25.0 Å². The van der Waals surface area contributed by atoms with Gasteiger partial charge in [0.1, 0.15) is 0 Å². The largest absolute Gasteiger partial charge is 0.313 e. The van der Waals surface area contributed by atoms with Gasteiger partial charge in [-0.1, -0.05) is 12.8 Å². The minimum Gasteiger partial charge on any atom is -0.313 e. The van der Waals surface area contributed by atoms with E-state index in [4.69, 9.17) is 5.26 Å². The molecule has 0 aromatic carbocycles. The minimum absolute atomic E-state index is 0.132. The molecule has 5 nitrogen and oxygen atoms in total. The topological polar surface area (TPSA) is 82.0 Å². The van der Waals surface area contributed by atoms with Crippen LogP contribution in [-0.2, 0) is 10.0 Å². The zero-order chi connectivity index (χ0) is 14.4. The van der Waals surface area contributed by atoms with Crippen molar-refractivity contribution in [2.45, 2.75) is 51.0 Å². The Morgan fingerprint density at radius 1 is 1.15 bits per heavy atom. The Labute approximate surface area is 122 Å². The van der Waals surface area contributed by atoms with E-state index >= 15 is 0 Å².